The number of tetrazole rings is 1. The summed E-state index contributed by atoms with van der Waals surface area (Å²) >= 11 is 0. The molecule has 0 radical (unpaired) electrons. The van der Waals surface area contributed by atoms with Crippen molar-refractivity contribution in [2.75, 3.05) is 5.32 Å². The van der Waals surface area contributed by atoms with E-state index in [2.05, 4.69) is 20.7 Å². The maximum absolute atomic E-state index is 12.6. The molecule has 0 spiro atoms. The molecule has 2 atom stereocenters. The van der Waals surface area contributed by atoms with Gasteiger partial charge in [0.15, 0.2) is 11.5 Å². The summed E-state index contributed by atoms with van der Waals surface area (Å²) in [6, 6.07) is 13.9. The molecule has 0 saturated heterocycles. The lowest BCUT2D eigenvalue weighted by molar-refractivity contribution is -0.128. The molecule has 28 heavy (non-hydrogen) atoms. The van der Waals surface area contributed by atoms with Crippen LogP contribution in [0.25, 0.3) is 5.69 Å². The second kappa shape index (κ2) is 6.99. The van der Waals surface area contributed by atoms with Crippen molar-refractivity contribution in [3.8, 4) is 17.2 Å². The van der Waals surface area contributed by atoms with Crippen LogP contribution in [0, 0.1) is 0 Å². The van der Waals surface area contributed by atoms with Gasteiger partial charge in [0.05, 0.1) is 5.69 Å². The number of nitrogens with zero attached hydrogens (tertiary/aromatic N) is 4. The molecule has 0 bridgehead atoms. The summed E-state index contributed by atoms with van der Waals surface area (Å²) in [5.41, 5.74) is 6.22. The molecule has 4 rings (SSSR count). The van der Waals surface area contributed by atoms with Gasteiger partial charge in [-0.1, -0.05) is 12.1 Å². The second-order valence-corrected chi connectivity index (χ2v) is 6.11. The highest BCUT2D eigenvalue weighted by molar-refractivity contribution is 5.95. The first-order valence-electron chi connectivity index (χ1n) is 8.45. The number of hydrogen-bond acceptors (Lipinski definition) is 7. The number of anilines is 1. The summed E-state index contributed by atoms with van der Waals surface area (Å²) in [7, 11) is 0. The molecule has 2 aromatic carbocycles. The summed E-state index contributed by atoms with van der Waals surface area (Å²) in [6.45, 7) is 1.77. The summed E-state index contributed by atoms with van der Waals surface area (Å²) in [5, 5.41) is 14.0. The third-order valence-electron chi connectivity index (χ3n) is 4.10. The van der Waals surface area contributed by atoms with Crippen molar-refractivity contribution in [3.63, 3.8) is 0 Å². The predicted octanol–water partition coefficient (Wildman–Crippen LogP) is 0.928. The van der Waals surface area contributed by atoms with Gasteiger partial charge in [-0.2, -0.15) is 0 Å². The lowest BCUT2D eigenvalue weighted by Gasteiger charge is -2.31. The van der Waals surface area contributed by atoms with E-state index in [1.54, 1.807) is 43.3 Å². The van der Waals surface area contributed by atoms with Crippen molar-refractivity contribution in [2.24, 2.45) is 5.73 Å². The number of primary amides is 1. The van der Waals surface area contributed by atoms with Crippen molar-refractivity contribution in [1.82, 2.24) is 20.2 Å². The van der Waals surface area contributed by atoms with Crippen molar-refractivity contribution in [1.29, 1.82) is 0 Å². The van der Waals surface area contributed by atoms with E-state index in [9.17, 15) is 9.59 Å². The van der Waals surface area contributed by atoms with Gasteiger partial charge in [-0.25, -0.2) is 0 Å². The van der Waals surface area contributed by atoms with E-state index in [-0.39, 0.29) is 11.7 Å². The van der Waals surface area contributed by atoms with Crippen LogP contribution < -0.4 is 20.5 Å². The fourth-order valence-corrected chi connectivity index (χ4v) is 2.72. The van der Waals surface area contributed by atoms with Gasteiger partial charge >= 0.3 is 0 Å². The van der Waals surface area contributed by atoms with E-state index in [0.29, 0.717) is 22.9 Å². The van der Waals surface area contributed by atoms with Crippen LogP contribution in [0.15, 0.2) is 48.5 Å². The molecule has 1 aliphatic rings. The Hall–Kier alpha value is -3.95. The SMILES string of the molecule is C[C@H]1Oc2ccccc2O[C@@H]1C(=O)Nc1ccc(-n2nnc(C(N)=O)n2)cc1. The van der Waals surface area contributed by atoms with Gasteiger partial charge in [-0.3, -0.25) is 9.59 Å². The second-order valence-electron chi connectivity index (χ2n) is 6.11. The fraction of sp³-hybridized carbons (Fsp3) is 0.167. The highest BCUT2D eigenvalue weighted by Gasteiger charge is 2.34. The molecule has 10 heteroatoms. The third-order valence-corrected chi connectivity index (χ3v) is 4.10. The van der Waals surface area contributed by atoms with Crippen LogP contribution in [-0.2, 0) is 4.79 Å². The Kier molecular flexibility index (Phi) is 4.36. The van der Waals surface area contributed by atoms with Crippen molar-refractivity contribution < 1.29 is 19.1 Å². The number of amides is 2. The smallest absolute Gasteiger partial charge is 0.290 e. The predicted molar refractivity (Wildman–Crippen MR) is 97.2 cm³/mol. The molecule has 1 aromatic heterocycles. The Morgan fingerprint density at radius 3 is 2.39 bits per heavy atom. The van der Waals surface area contributed by atoms with E-state index >= 15 is 0 Å². The van der Waals surface area contributed by atoms with Crippen LogP contribution in [0.4, 0.5) is 5.69 Å². The van der Waals surface area contributed by atoms with Gasteiger partial charge in [-0.15, -0.1) is 15.0 Å². The van der Waals surface area contributed by atoms with Gasteiger partial charge in [0.25, 0.3) is 17.6 Å². The summed E-state index contributed by atoms with van der Waals surface area (Å²) in [5.74, 6) is -0.135. The third kappa shape index (κ3) is 3.34. The standard InChI is InChI=1S/C18H16N6O4/c1-10-15(28-14-5-3-2-4-13(14)27-10)18(26)20-11-6-8-12(9-7-11)24-22-17(16(19)25)21-23-24/h2-10,15H,1H3,(H2,19,25)(H,20,26)/t10-,15+/m1/s1. The van der Waals surface area contributed by atoms with Crippen LogP contribution in [0.1, 0.15) is 17.5 Å². The maximum Gasteiger partial charge on any atom is 0.290 e. The van der Waals surface area contributed by atoms with Crippen molar-refractivity contribution >= 4 is 17.5 Å². The highest BCUT2D eigenvalue weighted by atomic mass is 16.6. The lowest BCUT2D eigenvalue weighted by Crippen LogP contribution is -2.46. The molecule has 2 heterocycles. The average Bonchev–Trinajstić information content (AvgIpc) is 3.18. The Labute approximate surface area is 159 Å². The number of para-hydroxylation sites is 2. The number of ether oxygens (including phenoxy) is 2. The van der Waals surface area contributed by atoms with Gasteiger partial charge in [0.2, 0.25) is 6.10 Å². The summed E-state index contributed by atoms with van der Waals surface area (Å²) < 4.78 is 11.5. The van der Waals surface area contributed by atoms with Crippen molar-refractivity contribution in [3.05, 3.63) is 54.4 Å². The first kappa shape index (κ1) is 17.5. The van der Waals surface area contributed by atoms with Crippen molar-refractivity contribution in [2.45, 2.75) is 19.1 Å². The van der Waals surface area contributed by atoms with E-state index in [1.807, 2.05) is 12.1 Å². The fourth-order valence-electron chi connectivity index (χ4n) is 2.72. The number of fused-ring (bicyclic) bond motifs is 1. The number of hydrogen-bond donors (Lipinski definition) is 2. The number of aromatic nitrogens is 4. The molecule has 0 saturated carbocycles. The average molecular weight is 380 g/mol. The van der Waals surface area contributed by atoms with Crippen LogP contribution >= 0.6 is 0 Å². The monoisotopic (exact) mass is 380 g/mol. The zero-order valence-corrected chi connectivity index (χ0v) is 14.8. The molecule has 1 aliphatic heterocycles. The number of carbonyl (C=O) groups is 2. The molecule has 2 amide bonds. The number of benzene rings is 2. The molecular weight excluding hydrogens is 364 g/mol. The van der Waals surface area contributed by atoms with E-state index in [1.165, 1.54) is 4.80 Å². The van der Waals surface area contributed by atoms with Gasteiger partial charge < -0.3 is 20.5 Å². The number of nitrogens with one attached hydrogen (secondary N) is 1. The molecular formula is C18H16N6O4. The maximum atomic E-state index is 12.6. The highest BCUT2D eigenvalue weighted by Crippen LogP contribution is 2.33. The molecule has 0 unspecified atom stereocenters. The minimum atomic E-state index is -0.787. The van der Waals surface area contributed by atoms with Crippen LogP contribution in [0.5, 0.6) is 11.5 Å². The van der Waals surface area contributed by atoms with E-state index in [4.69, 9.17) is 15.2 Å². The topological polar surface area (TPSA) is 134 Å². The number of nitrogens with two attached hydrogens (primary N) is 1. The van der Waals surface area contributed by atoms with Crippen LogP contribution in [0.3, 0.4) is 0 Å². The quantitative estimate of drug-likeness (QED) is 0.687. The first-order valence-corrected chi connectivity index (χ1v) is 8.45. The Morgan fingerprint density at radius 2 is 1.75 bits per heavy atom. The van der Waals surface area contributed by atoms with Crippen LogP contribution in [-0.4, -0.2) is 44.2 Å². The molecule has 0 fully saturated rings. The molecule has 142 valence electrons. The normalized spacial score (nSPS) is 17.8. The summed E-state index contributed by atoms with van der Waals surface area (Å²) in [4.78, 5) is 24.8. The molecule has 3 aromatic rings. The minimum absolute atomic E-state index is 0.180. The minimum Gasteiger partial charge on any atom is -0.482 e. The molecule has 10 nitrogen and oxygen atoms in total. The summed E-state index contributed by atoms with van der Waals surface area (Å²) in [6.07, 6.45) is -1.23. The number of rotatable bonds is 4. The largest absolute Gasteiger partial charge is 0.482 e. The van der Waals surface area contributed by atoms with Gasteiger partial charge in [0.1, 0.15) is 6.10 Å². The number of carbonyl (C=O) groups excluding carboxylic acids is 2. The first-order chi connectivity index (χ1) is 13.5. The Bertz CT molecular complexity index is 1030. The molecule has 3 N–H and O–H groups in total. The Morgan fingerprint density at radius 1 is 1.07 bits per heavy atom. The van der Waals surface area contributed by atoms with Crippen LogP contribution in [0.2, 0.25) is 0 Å². The zero-order valence-electron chi connectivity index (χ0n) is 14.8. The Balaban J connectivity index is 1.45. The van der Waals surface area contributed by atoms with E-state index < -0.39 is 18.1 Å². The van der Waals surface area contributed by atoms with Gasteiger partial charge in [0, 0.05) is 5.69 Å². The van der Waals surface area contributed by atoms with E-state index in [0.717, 1.165) is 0 Å². The zero-order chi connectivity index (χ0) is 19.7. The van der Waals surface area contributed by atoms with Gasteiger partial charge in [-0.05, 0) is 48.5 Å². The molecule has 0 aliphatic carbocycles. The lowest BCUT2D eigenvalue weighted by atomic mass is 10.1.